The van der Waals surface area contributed by atoms with Gasteiger partial charge in [0.15, 0.2) is 0 Å². The fraction of sp³-hybridized carbons (Fsp3) is 0.625. The quantitative estimate of drug-likeness (QED) is 0.715. The number of rotatable bonds is 8. The summed E-state index contributed by atoms with van der Waals surface area (Å²) < 4.78 is 5.04. The van der Waals surface area contributed by atoms with Crippen LogP contribution in [0.15, 0.2) is 18.2 Å². The first-order chi connectivity index (χ1) is 8.67. The van der Waals surface area contributed by atoms with Crippen LogP contribution in [0.4, 0.5) is 0 Å². The maximum Gasteiger partial charge on any atom is 0.0587 e. The van der Waals surface area contributed by atoms with Gasteiger partial charge in [0, 0.05) is 13.7 Å². The van der Waals surface area contributed by atoms with Crippen molar-refractivity contribution in [3.8, 4) is 0 Å². The number of nitrogens with one attached hydrogen (secondary N) is 1. The van der Waals surface area contributed by atoms with E-state index in [0.29, 0.717) is 5.92 Å². The molecule has 0 heterocycles. The van der Waals surface area contributed by atoms with Gasteiger partial charge in [0.05, 0.1) is 6.61 Å². The van der Waals surface area contributed by atoms with Crippen molar-refractivity contribution in [1.29, 1.82) is 0 Å². The zero-order valence-electron chi connectivity index (χ0n) is 12.3. The van der Waals surface area contributed by atoms with Crippen LogP contribution in [0, 0.1) is 19.8 Å². The van der Waals surface area contributed by atoms with Crippen molar-refractivity contribution in [3.63, 3.8) is 0 Å². The van der Waals surface area contributed by atoms with Crippen LogP contribution in [-0.2, 0) is 11.2 Å². The SMILES string of the molecule is CCC(CNCCOC)Cc1ccc(C)c(C)c1. The average molecular weight is 249 g/mol. The zero-order valence-corrected chi connectivity index (χ0v) is 12.3. The monoisotopic (exact) mass is 249 g/mol. The van der Waals surface area contributed by atoms with E-state index in [2.05, 4.69) is 44.3 Å². The summed E-state index contributed by atoms with van der Waals surface area (Å²) >= 11 is 0. The van der Waals surface area contributed by atoms with Crippen molar-refractivity contribution in [1.82, 2.24) is 5.32 Å². The Morgan fingerprint density at radius 2 is 2.00 bits per heavy atom. The number of hydrogen-bond acceptors (Lipinski definition) is 2. The molecule has 1 aromatic carbocycles. The van der Waals surface area contributed by atoms with Gasteiger partial charge >= 0.3 is 0 Å². The van der Waals surface area contributed by atoms with E-state index in [4.69, 9.17) is 4.74 Å². The van der Waals surface area contributed by atoms with E-state index >= 15 is 0 Å². The van der Waals surface area contributed by atoms with E-state index < -0.39 is 0 Å². The zero-order chi connectivity index (χ0) is 13.4. The summed E-state index contributed by atoms with van der Waals surface area (Å²) in [5.41, 5.74) is 4.23. The molecular formula is C16H27NO. The molecule has 102 valence electrons. The largest absolute Gasteiger partial charge is 0.383 e. The van der Waals surface area contributed by atoms with Gasteiger partial charge in [0.2, 0.25) is 0 Å². The minimum absolute atomic E-state index is 0.712. The van der Waals surface area contributed by atoms with Gasteiger partial charge in [0.1, 0.15) is 0 Å². The van der Waals surface area contributed by atoms with Gasteiger partial charge in [-0.05, 0) is 49.4 Å². The molecule has 0 saturated heterocycles. The highest BCUT2D eigenvalue weighted by Gasteiger charge is 2.07. The van der Waals surface area contributed by atoms with Crippen molar-refractivity contribution in [2.45, 2.75) is 33.6 Å². The van der Waals surface area contributed by atoms with Crippen LogP contribution in [0.1, 0.15) is 30.0 Å². The highest BCUT2D eigenvalue weighted by atomic mass is 16.5. The van der Waals surface area contributed by atoms with Crippen LogP contribution in [0.3, 0.4) is 0 Å². The van der Waals surface area contributed by atoms with Crippen LogP contribution < -0.4 is 5.32 Å². The molecule has 1 N–H and O–H groups in total. The molecule has 0 radical (unpaired) electrons. The van der Waals surface area contributed by atoms with Crippen molar-refractivity contribution in [3.05, 3.63) is 34.9 Å². The molecule has 0 saturated carbocycles. The molecular weight excluding hydrogens is 222 g/mol. The molecule has 1 rings (SSSR count). The number of methoxy groups -OCH3 is 1. The van der Waals surface area contributed by atoms with Gasteiger partial charge in [0.25, 0.3) is 0 Å². The van der Waals surface area contributed by atoms with E-state index in [1.54, 1.807) is 7.11 Å². The number of benzene rings is 1. The van der Waals surface area contributed by atoms with E-state index in [-0.39, 0.29) is 0 Å². The Kier molecular flexibility index (Phi) is 6.99. The van der Waals surface area contributed by atoms with E-state index in [1.807, 2.05) is 0 Å². The summed E-state index contributed by atoms with van der Waals surface area (Å²) in [4.78, 5) is 0. The van der Waals surface area contributed by atoms with Crippen molar-refractivity contribution >= 4 is 0 Å². The minimum Gasteiger partial charge on any atom is -0.383 e. The van der Waals surface area contributed by atoms with E-state index in [1.165, 1.54) is 23.1 Å². The van der Waals surface area contributed by atoms with Gasteiger partial charge < -0.3 is 10.1 Å². The Hall–Kier alpha value is -0.860. The van der Waals surface area contributed by atoms with Gasteiger partial charge in [-0.25, -0.2) is 0 Å². The highest BCUT2D eigenvalue weighted by molar-refractivity contribution is 5.30. The summed E-state index contributed by atoms with van der Waals surface area (Å²) in [7, 11) is 1.74. The minimum atomic E-state index is 0.712. The molecule has 0 aromatic heterocycles. The Bertz CT molecular complexity index is 349. The highest BCUT2D eigenvalue weighted by Crippen LogP contribution is 2.15. The van der Waals surface area contributed by atoms with Crippen LogP contribution in [0.2, 0.25) is 0 Å². The summed E-state index contributed by atoms with van der Waals surface area (Å²) in [6.45, 7) is 9.44. The third-order valence-electron chi connectivity index (χ3n) is 3.59. The van der Waals surface area contributed by atoms with E-state index in [0.717, 1.165) is 26.1 Å². The Labute approximate surface area is 112 Å². The van der Waals surface area contributed by atoms with Crippen LogP contribution >= 0.6 is 0 Å². The number of hydrogen-bond donors (Lipinski definition) is 1. The fourth-order valence-corrected chi connectivity index (χ4v) is 2.11. The predicted octanol–water partition coefficient (Wildman–Crippen LogP) is 3.11. The summed E-state index contributed by atoms with van der Waals surface area (Å²) in [5, 5.41) is 3.46. The van der Waals surface area contributed by atoms with Gasteiger partial charge in [-0.2, -0.15) is 0 Å². The molecule has 1 aromatic rings. The van der Waals surface area contributed by atoms with Gasteiger partial charge in [-0.15, -0.1) is 0 Å². The van der Waals surface area contributed by atoms with Crippen LogP contribution in [0.25, 0.3) is 0 Å². The van der Waals surface area contributed by atoms with E-state index in [9.17, 15) is 0 Å². The lowest BCUT2D eigenvalue weighted by atomic mass is 9.95. The van der Waals surface area contributed by atoms with Crippen molar-refractivity contribution in [2.24, 2.45) is 5.92 Å². The van der Waals surface area contributed by atoms with Crippen molar-refractivity contribution < 1.29 is 4.74 Å². The molecule has 0 bridgehead atoms. The summed E-state index contributed by atoms with van der Waals surface area (Å²) in [6.07, 6.45) is 2.38. The number of aryl methyl sites for hydroxylation is 2. The molecule has 2 nitrogen and oxygen atoms in total. The predicted molar refractivity (Wildman–Crippen MR) is 78.1 cm³/mol. The number of ether oxygens (including phenoxy) is 1. The maximum atomic E-state index is 5.04. The maximum absolute atomic E-state index is 5.04. The topological polar surface area (TPSA) is 21.3 Å². The summed E-state index contributed by atoms with van der Waals surface area (Å²) in [5.74, 6) is 0.712. The lowest BCUT2D eigenvalue weighted by Crippen LogP contribution is -2.27. The first kappa shape index (κ1) is 15.2. The molecule has 18 heavy (non-hydrogen) atoms. The molecule has 1 unspecified atom stereocenters. The third kappa shape index (κ3) is 5.19. The third-order valence-corrected chi connectivity index (χ3v) is 3.59. The van der Waals surface area contributed by atoms with Gasteiger partial charge in [-0.1, -0.05) is 31.5 Å². The Balaban J connectivity index is 2.44. The second-order valence-corrected chi connectivity index (χ2v) is 5.09. The molecule has 0 aliphatic rings. The van der Waals surface area contributed by atoms with Crippen molar-refractivity contribution in [2.75, 3.05) is 26.8 Å². The molecule has 2 heteroatoms. The molecule has 0 aliphatic heterocycles. The van der Waals surface area contributed by atoms with Crippen LogP contribution in [-0.4, -0.2) is 26.8 Å². The Morgan fingerprint density at radius 1 is 1.22 bits per heavy atom. The lowest BCUT2D eigenvalue weighted by Gasteiger charge is -2.16. The molecule has 0 aliphatic carbocycles. The lowest BCUT2D eigenvalue weighted by molar-refractivity contribution is 0.197. The smallest absolute Gasteiger partial charge is 0.0587 e. The molecule has 0 spiro atoms. The first-order valence-corrected chi connectivity index (χ1v) is 6.93. The summed E-state index contributed by atoms with van der Waals surface area (Å²) in [6, 6.07) is 6.82. The second-order valence-electron chi connectivity index (χ2n) is 5.09. The Morgan fingerprint density at radius 3 is 2.61 bits per heavy atom. The standard InChI is InChI=1S/C16H27NO/c1-5-15(12-17-8-9-18-4)11-16-7-6-13(2)14(3)10-16/h6-7,10,15,17H,5,8-9,11-12H2,1-4H3. The fourth-order valence-electron chi connectivity index (χ4n) is 2.11. The van der Waals surface area contributed by atoms with Gasteiger partial charge in [-0.3, -0.25) is 0 Å². The average Bonchev–Trinajstić information content (AvgIpc) is 2.37. The first-order valence-electron chi connectivity index (χ1n) is 6.93. The second kappa shape index (κ2) is 8.28. The molecule has 1 atom stereocenters. The normalized spacial score (nSPS) is 12.7. The molecule has 0 fully saturated rings. The molecule has 0 amide bonds. The van der Waals surface area contributed by atoms with Crippen LogP contribution in [0.5, 0.6) is 0 Å².